The van der Waals surface area contributed by atoms with Crippen molar-refractivity contribution in [2.24, 2.45) is 0 Å². The van der Waals surface area contributed by atoms with Gasteiger partial charge in [0.1, 0.15) is 5.82 Å². The Labute approximate surface area is 129 Å². The molecule has 120 valence electrons. The summed E-state index contributed by atoms with van der Waals surface area (Å²) in [6, 6.07) is 5.07. The second-order valence-electron chi connectivity index (χ2n) is 5.64. The van der Waals surface area contributed by atoms with Crippen LogP contribution in [-0.4, -0.2) is 42.1 Å². The topological polar surface area (TPSA) is 73.5 Å². The summed E-state index contributed by atoms with van der Waals surface area (Å²) in [4.78, 5) is 25.4. The molecule has 1 atom stereocenters. The first-order valence-electron chi connectivity index (χ1n) is 7.32. The van der Waals surface area contributed by atoms with Gasteiger partial charge < -0.3 is 20.9 Å². The third kappa shape index (κ3) is 4.61. The maximum absolute atomic E-state index is 12.8. The maximum atomic E-state index is 12.8. The first kappa shape index (κ1) is 16.1. The van der Waals surface area contributed by atoms with Gasteiger partial charge in [-0.1, -0.05) is 0 Å². The molecule has 1 unspecified atom stereocenters. The second-order valence-corrected chi connectivity index (χ2v) is 5.64. The molecule has 0 radical (unpaired) electrons. The summed E-state index contributed by atoms with van der Waals surface area (Å²) in [5, 5.41) is 8.28. The van der Waals surface area contributed by atoms with Crippen molar-refractivity contribution in [1.29, 1.82) is 0 Å². The Bertz CT molecular complexity index is 533. The van der Waals surface area contributed by atoms with Crippen LogP contribution in [0, 0.1) is 5.82 Å². The molecule has 1 fully saturated rings. The third-order valence-electron chi connectivity index (χ3n) is 3.32. The number of halogens is 1. The molecular weight excluding hydrogens is 287 g/mol. The van der Waals surface area contributed by atoms with Gasteiger partial charge in [0, 0.05) is 30.9 Å². The summed E-state index contributed by atoms with van der Waals surface area (Å²) in [6.07, 6.45) is 0.711. The Morgan fingerprint density at radius 1 is 1.27 bits per heavy atom. The molecule has 1 aromatic carbocycles. The predicted octanol–water partition coefficient (Wildman–Crippen LogP) is 2.14. The Kier molecular flexibility index (Phi) is 5.19. The molecule has 1 aliphatic heterocycles. The van der Waals surface area contributed by atoms with E-state index in [0.717, 1.165) is 0 Å². The van der Waals surface area contributed by atoms with Crippen LogP contribution in [0.2, 0.25) is 0 Å². The molecule has 0 aromatic heterocycles. The van der Waals surface area contributed by atoms with Crippen molar-refractivity contribution in [2.75, 3.05) is 18.4 Å². The minimum atomic E-state index is -0.359. The fraction of sp³-hybridized carbons (Fsp3) is 0.467. The molecule has 1 aromatic rings. The molecular formula is C15H21FN4O2. The van der Waals surface area contributed by atoms with Gasteiger partial charge in [-0.2, -0.15) is 0 Å². The average Bonchev–Trinajstić information content (AvgIpc) is 2.89. The SMILES string of the molecule is CC(C)NC(=O)N1CCC(NC(=O)Nc2ccc(F)cc2)C1. The predicted molar refractivity (Wildman–Crippen MR) is 82.2 cm³/mol. The van der Waals surface area contributed by atoms with E-state index in [1.54, 1.807) is 4.90 Å². The van der Waals surface area contributed by atoms with Gasteiger partial charge in [0.05, 0.1) is 0 Å². The van der Waals surface area contributed by atoms with Crippen molar-refractivity contribution in [1.82, 2.24) is 15.5 Å². The molecule has 0 aliphatic carbocycles. The van der Waals surface area contributed by atoms with E-state index in [1.807, 2.05) is 13.8 Å². The number of hydrogen-bond donors (Lipinski definition) is 3. The molecule has 0 saturated carbocycles. The highest BCUT2D eigenvalue weighted by molar-refractivity contribution is 5.89. The van der Waals surface area contributed by atoms with Gasteiger partial charge in [-0.05, 0) is 44.5 Å². The van der Waals surface area contributed by atoms with Gasteiger partial charge in [0.15, 0.2) is 0 Å². The summed E-state index contributed by atoms with van der Waals surface area (Å²) in [5.74, 6) is -0.353. The summed E-state index contributed by atoms with van der Waals surface area (Å²) < 4.78 is 12.8. The van der Waals surface area contributed by atoms with Crippen LogP contribution in [0.1, 0.15) is 20.3 Å². The first-order valence-corrected chi connectivity index (χ1v) is 7.32. The summed E-state index contributed by atoms with van der Waals surface area (Å²) in [5.41, 5.74) is 0.520. The zero-order chi connectivity index (χ0) is 16.1. The van der Waals surface area contributed by atoms with E-state index in [1.165, 1.54) is 24.3 Å². The van der Waals surface area contributed by atoms with Crippen molar-refractivity contribution in [3.05, 3.63) is 30.1 Å². The van der Waals surface area contributed by atoms with Crippen LogP contribution in [0.25, 0.3) is 0 Å². The number of anilines is 1. The molecule has 1 saturated heterocycles. The van der Waals surface area contributed by atoms with E-state index >= 15 is 0 Å². The van der Waals surface area contributed by atoms with E-state index < -0.39 is 0 Å². The molecule has 22 heavy (non-hydrogen) atoms. The molecule has 6 nitrogen and oxygen atoms in total. The van der Waals surface area contributed by atoms with Gasteiger partial charge in [-0.25, -0.2) is 14.0 Å². The summed E-state index contributed by atoms with van der Waals surface area (Å²) in [7, 11) is 0. The number of likely N-dealkylation sites (tertiary alicyclic amines) is 1. The van der Waals surface area contributed by atoms with E-state index in [9.17, 15) is 14.0 Å². The van der Waals surface area contributed by atoms with Crippen LogP contribution in [0.4, 0.5) is 19.7 Å². The molecule has 1 aliphatic rings. The molecule has 7 heteroatoms. The average molecular weight is 308 g/mol. The normalized spacial score (nSPS) is 17.5. The van der Waals surface area contributed by atoms with Crippen LogP contribution >= 0.6 is 0 Å². The van der Waals surface area contributed by atoms with Gasteiger partial charge >= 0.3 is 12.1 Å². The standard InChI is InChI=1S/C15H21FN4O2/c1-10(2)17-15(22)20-8-7-13(9-20)19-14(21)18-12-5-3-11(16)4-6-12/h3-6,10,13H,7-9H2,1-2H3,(H,17,22)(H2,18,19,21). The fourth-order valence-electron chi connectivity index (χ4n) is 2.29. The van der Waals surface area contributed by atoms with Crippen molar-refractivity contribution >= 4 is 17.7 Å². The minimum absolute atomic E-state index is 0.0845. The van der Waals surface area contributed by atoms with Crippen LogP contribution < -0.4 is 16.0 Å². The number of urea groups is 2. The number of amides is 4. The lowest BCUT2D eigenvalue weighted by molar-refractivity contribution is 0.204. The molecule has 0 spiro atoms. The lowest BCUT2D eigenvalue weighted by Gasteiger charge is -2.19. The highest BCUT2D eigenvalue weighted by atomic mass is 19.1. The van der Waals surface area contributed by atoms with Crippen LogP contribution in [0.15, 0.2) is 24.3 Å². The fourth-order valence-corrected chi connectivity index (χ4v) is 2.29. The number of nitrogens with one attached hydrogen (secondary N) is 3. The number of nitrogens with zero attached hydrogens (tertiary/aromatic N) is 1. The van der Waals surface area contributed by atoms with Gasteiger partial charge in [0.25, 0.3) is 0 Å². The number of carbonyl (C=O) groups is 2. The van der Waals surface area contributed by atoms with Gasteiger partial charge in [0.2, 0.25) is 0 Å². The second kappa shape index (κ2) is 7.11. The van der Waals surface area contributed by atoms with E-state index in [0.29, 0.717) is 25.2 Å². The molecule has 1 heterocycles. The Hall–Kier alpha value is -2.31. The Morgan fingerprint density at radius 2 is 1.95 bits per heavy atom. The van der Waals surface area contributed by atoms with Crippen molar-refractivity contribution in [3.63, 3.8) is 0 Å². The number of hydrogen-bond acceptors (Lipinski definition) is 2. The first-order chi connectivity index (χ1) is 10.4. The monoisotopic (exact) mass is 308 g/mol. The van der Waals surface area contributed by atoms with Crippen molar-refractivity contribution in [2.45, 2.75) is 32.4 Å². The zero-order valence-corrected chi connectivity index (χ0v) is 12.7. The third-order valence-corrected chi connectivity index (χ3v) is 3.32. The number of rotatable bonds is 3. The van der Waals surface area contributed by atoms with Gasteiger partial charge in [-0.3, -0.25) is 0 Å². The molecule has 3 N–H and O–H groups in total. The van der Waals surface area contributed by atoms with E-state index in [4.69, 9.17) is 0 Å². The van der Waals surface area contributed by atoms with Gasteiger partial charge in [-0.15, -0.1) is 0 Å². The largest absolute Gasteiger partial charge is 0.336 e. The molecule has 0 bridgehead atoms. The minimum Gasteiger partial charge on any atom is -0.336 e. The Balaban J connectivity index is 1.78. The zero-order valence-electron chi connectivity index (χ0n) is 12.7. The lowest BCUT2D eigenvalue weighted by Crippen LogP contribution is -2.44. The number of carbonyl (C=O) groups excluding carboxylic acids is 2. The Morgan fingerprint density at radius 3 is 2.59 bits per heavy atom. The van der Waals surface area contributed by atoms with Crippen molar-refractivity contribution < 1.29 is 14.0 Å². The summed E-state index contributed by atoms with van der Waals surface area (Å²) in [6.45, 7) is 4.90. The van der Waals surface area contributed by atoms with Crippen LogP contribution in [0.5, 0.6) is 0 Å². The van der Waals surface area contributed by atoms with Crippen LogP contribution in [-0.2, 0) is 0 Å². The smallest absolute Gasteiger partial charge is 0.319 e. The van der Waals surface area contributed by atoms with Crippen LogP contribution in [0.3, 0.4) is 0 Å². The van der Waals surface area contributed by atoms with E-state index in [-0.39, 0.29) is 30.0 Å². The highest BCUT2D eigenvalue weighted by Gasteiger charge is 2.27. The maximum Gasteiger partial charge on any atom is 0.319 e. The lowest BCUT2D eigenvalue weighted by atomic mass is 10.3. The van der Waals surface area contributed by atoms with E-state index in [2.05, 4.69) is 16.0 Å². The quantitative estimate of drug-likeness (QED) is 0.800. The molecule has 2 rings (SSSR count). The number of benzene rings is 1. The van der Waals surface area contributed by atoms with Crippen molar-refractivity contribution in [3.8, 4) is 0 Å². The summed E-state index contributed by atoms with van der Waals surface area (Å²) >= 11 is 0. The highest BCUT2D eigenvalue weighted by Crippen LogP contribution is 2.11. The molecule has 4 amide bonds.